The molecule has 0 N–H and O–H groups in total. The van der Waals surface area contributed by atoms with Crippen LogP contribution in [0.2, 0.25) is 10.0 Å². The lowest BCUT2D eigenvalue weighted by Gasteiger charge is -2.39. The van der Waals surface area contributed by atoms with Crippen LogP contribution in [-0.2, 0) is 0 Å². The van der Waals surface area contributed by atoms with Crippen LogP contribution in [0.4, 0.5) is 0 Å². The van der Waals surface area contributed by atoms with E-state index < -0.39 is 0 Å². The predicted octanol–water partition coefficient (Wildman–Crippen LogP) is 3.95. The smallest absolute Gasteiger partial charge is 0.255 e. The van der Waals surface area contributed by atoms with Gasteiger partial charge in [-0.2, -0.15) is 0 Å². The Morgan fingerprint density at radius 2 is 1.84 bits per heavy atom. The Hall–Kier alpha value is -2.37. The van der Waals surface area contributed by atoms with Crippen LogP contribution in [-0.4, -0.2) is 38.9 Å². The van der Waals surface area contributed by atoms with Crippen molar-refractivity contribution >= 4 is 29.1 Å². The van der Waals surface area contributed by atoms with Crippen LogP contribution in [0.5, 0.6) is 0 Å². The van der Waals surface area contributed by atoms with E-state index in [9.17, 15) is 4.79 Å². The minimum atomic E-state index is -0.0960. The number of benzene rings is 2. The summed E-state index contributed by atoms with van der Waals surface area (Å²) in [6.45, 7) is 1.16. The first kappa shape index (κ1) is 16.1. The van der Waals surface area contributed by atoms with Gasteiger partial charge in [-0.3, -0.25) is 4.79 Å². The number of carbonyl (C=O) groups excluding carboxylic acids is 1. The number of aromatic nitrogens is 3. The highest BCUT2D eigenvalue weighted by molar-refractivity contribution is 6.36. The highest BCUT2D eigenvalue weighted by Crippen LogP contribution is 2.28. The molecule has 0 bridgehead atoms. The van der Waals surface area contributed by atoms with Gasteiger partial charge in [0, 0.05) is 23.7 Å². The van der Waals surface area contributed by atoms with Crippen LogP contribution in [0, 0.1) is 0 Å². The zero-order valence-electron chi connectivity index (χ0n) is 13.1. The first-order chi connectivity index (χ1) is 12.1. The number of carbonyl (C=O) groups is 1. The van der Waals surface area contributed by atoms with Crippen LogP contribution in [0.15, 0.2) is 54.7 Å². The fourth-order valence-electron chi connectivity index (χ4n) is 2.82. The van der Waals surface area contributed by atoms with Crippen molar-refractivity contribution in [3.05, 3.63) is 70.3 Å². The third kappa shape index (κ3) is 3.13. The SMILES string of the molecule is O=C(c1ccc(Cl)cc1Cl)N1CC(n2cc(-c3ccccc3)nn2)C1. The van der Waals surface area contributed by atoms with Gasteiger partial charge in [-0.1, -0.05) is 58.7 Å². The van der Waals surface area contributed by atoms with Crippen molar-refractivity contribution in [3.8, 4) is 11.3 Å². The first-order valence-corrected chi connectivity index (χ1v) is 8.59. The zero-order valence-corrected chi connectivity index (χ0v) is 14.7. The monoisotopic (exact) mass is 372 g/mol. The Morgan fingerprint density at radius 3 is 2.56 bits per heavy atom. The van der Waals surface area contributed by atoms with Crippen LogP contribution in [0.3, 0.4) is 0 Å². The predicted molar refractivity (Wildman–Crippen MR) is 96.9 cm³/mol. The molecular formula is C18H14Cl2N4O. The summed E-state index contributed by atoms with van der Waals surface area (Å²) >= 11 is 12.0. The molecule has 0 atom stereocenters. The molecule has 2 aromatic carbocycles. The lowest BCUT2D eigenvalue weighted by molar-refractivity contribution is 0.0498. The van der Waals surface area contributed by atoms with Crippen LogP contribution >= 0.6 is 23.2 Å². The van der Waals surface area contributed by atoms with Gasteiger partial charge in [-0.15, -0.1) is 5.10 Å². The quantitative estimate of drug-likeness (QED) is 0.699. The molecule has 0 saturated carbocycles. The van der Waals surface area contributed by atoms with Crippen LogP contribution < -0.4 is 0 Å². The number of hydrogen-bond acceptors (Lipinski definition) is 3. The Labute approximate surface area is 154 Å². The molecule has 7 heteroatoms. The molecule has 0 aliphatic carbocycles. The number of rotatable bonds is 3. The largest absolute Gasteiger partial charge is 0.334 e. The molecule has 1 aromatic heterocycles. The van der Waals surface area contributed by atoms with Gasteiger partial charge >= 0.3 is 0 Å². The summed E-state index contributed by atoms with van der Waals surface area (Å²) in [4.78, 5) is 14.3. The minimum Gasteiger partial charge on any atom is -0.334 e. The molecule has 1 amide bonds. The van der Waals surface area contributed by atoms with Crippen molar-refractivity contribution in [1.82, 2.24) is 19.9 Å². The molecule has 0 spiro atoms. The van der Waals surface area contributed by atoms with E-state index in [1.165, 1.54) is 0 Å². The lowest BCUT2D eigenvalue weighted by Crippen LogP contribution is -2.51. The van der Waals surface area contributed by atoms with Gasteiger partial charge in [-0.25, -0.2) is 4.68 Å². The molecule has 2 heterocycles. The van der Waals surface area contributed by atoms with Crippen molar-refractivity contribution in [3.63, 3.8) is 0 Å². The van der Waals surface area contributed by atoms with Gasteiger partial charge in [-0.05, 0) is 18.2 Å². The molecule has 0 unspecified atom stereocenters. The van der Waals surface area contributed by atoms with Crippen molar-refractivity contribution in [2.24, 2.45) is 0 Å². The molecule has 1 fully saturated rings. The molecule has 3 aromatic rings. The molecular weight excluding hydrogens is 359 g/mol. The third-order valence-corrected chi connectivity index (χ3v) is 4.81. The van der Waals surface area contributed by atoms with E-state index in [-0.39, 0.29) is 11.9 Å². The Bertz CT molecular complexity index is 920. The number of likely N-dealkylation sites (tertiary alicyclic amines) is 1. The Balaban J connectivity index is 1.44. The van der Waals surface area contributed by atoms with E-state index in [1.807, 2.05) is 41.2 Å². The van der Waals surface area contributed by atoms with Gasteiger partial charge in [0.1, 0.15) is 5.69 Å². The fraction of sp³-hybridized carbons (Fsp3) is 0.167. The number of nitrogens with zero attached hydrogens (tertiary/aromatic N) is 4. The molecule has 1 aliphatic heterocycles. The summed E-state index contributed by atoms with van der Waals surface area (Å²) in [5, 5.41) is 9.29. The first-order valence-electron chi connectivity index (χ1n) is 7.83. The van der Waals surface area contributed by atoms with E-state index in [0.29, 0.717) is 28.7 Å². The fourth-order valence-corrected chi connectivity index (χ4v) is 3.31. The summed E-state index contributed by atoms with van der Waals surface area (Å²) in [6.07, 6.45) is 1.91. The molecule has 1 aliphatic rings. The van der Waals surface area contributed by atoms with E-state index >= 15 is 0 Å². The molecule has 0 radical (unpaired) electrons. The number of halogens is 2. The third-order valence-electron chi connectivity index (χ3n) is 4.26. The second-order valence-electron chi connectivity index (χ2n) is 5.94. The van der Waals surface area contributed by atoms with Gasteiger partial charge in [0.15, 0.2) is 0 Å². The summed E-state index contributed by atoms with van der Waals surface area (Å²) in [6, 6.07) is 14.9. The van der Waals surface area contributed by atoms with Crippen LogP contribution in [0.25, 0.3) is 11.3 Å². The summed E-state index contributed by atoms with van der Waals surface area (Å²) in [7, 11) is 0. The summed E-state index contributed by atoms with van der Waals surface area (Å²) in [5.74, 6) is -0.0960. The average Bonchev–Trinajstić information content (AvgIpc) is 3.04. The molecule has 25 heavy (non-hydrogen) atoms. The molecule has 126 valence electrons. The summed E-state index contributed by atoms with van der Waals surface area (Å²) < 4.78 is 1.82. The van der Waals surface area contributed by atoms with E-state index in [2.05, 4.69) is 10.3 Å². The van der Waals surface area contributed by atoms with Gasteiger partial charge in [0.25, 0.3) is 5.91 Å². The van der Waals surface area contributed by atoms with Crippen LogP contribution in [0.1, 0.15) is 16.4 Å². The minimum absolute atomic E-state index is 0.0960. The van der Waals surface area contributed by atoms with E-state index in [0.717, 1.165) is 11.3 Å². The maximum atomic E-state index is 12.5. The van der Waals surface area contributed by atoms with Crippen molar-refractivity contribution in [2.75, 3.05) is 13.1 Å². The highest BCUT2D eigenvalue weighted by Gasteiger charge is 2.34. The standard InChI is InChI=1S/C18H14Cl2N4O/c19-13-6-7-15(16(20)8-13)18(25)23-9-14(10-23)24-11-17(21-22-24)12-4-2-1-3-5-12/h1-8,11,14H,9-10H2. The van der Waals surface area contributed by atoms with Crippen molar-refractivity contribution in [2.45, 2.75) is 6.04 Å². The summed E-state index contributed by atoms with van der Waals surface area (Å²) in [5.41, 5.74) is 2.31. The lowest BCUT2D eigenvalue weighted by atomic mass is 10.1. The Kier molecular flexibility index (Phi) is 4.19. The molecule has 4 rings (SSSR count). The van der Waals surface area contributed by atoms with Gasteiger partial charge < -0.3 is 4.90 Å². The maximum absolute atomic E-state index is 12.5. The Morgan fingerprint density at radius 1 is 1.08 bits per heavy atom. The molecule has 1 saturated heterocycles. The van der Waals surface area contributed by atoms with Gasteiger partial charge in [0.05, 0.1) is 22.8 Å². The molecule has 5 nitrogen and oxygen atoms in total. The highest BCUT2D eigenvalue weighted by atomic mass is 35.5. The maximum Gasteiger partial charge on any atom is 0.255 e. The average molecular weight is 373 g/mol. The number of amides is 1. The normalized spacial score (nSPS) is 14.4. The van der Waals surface area contributed by atoms with E-state index in [4.69, 9.17) is 23.2 Å². The van der Waals surface area contributed by atoms with Crippen molar-refractivity contribution in [1.29, 1.82) is 0 Å². The van der Waals surface area contributed by atoms with E-state index in [1.54, 1.807) is 23.1 Å². The van der Waals surface area contributed by atoms with Gasteiger partial charge in [0.2, 0.25) is 0 Å². The number of hydrogen-bond donors (Lipinski definition) is 0. The zero-order chi connectivity index (χ0) is 17.4. The topological polar surface area (TPSA) is 51.0 Å². The second-order valence-corrected chi connectivity index (χ2v) is 6.78. The van der Waals surface area contributed by atoms with Crippen molar-refractivity contribution < 1.29 is 4.79 Å². The second kappa shape index (κ2) is 6.50.